The van der Waals surface area contributed by atoms with Crippen LogP contribution in [0.1, 0.15) is 23.6 Å². The summed E-state index contributed by atoms with van der Waals surface area (Å²) in [6.45, 7) is 0.982. The molecule has 27 heavy (non-hydrogen) atoms. The van der Waals surface area contributed by atoms with Crippen LogP contribution in [-0.4, -0.2) is 37.5 Å². The Morgan fingerprint density at radius 2 is 1.93 bits per heavy atom. The molecule has 1 aliphatic rings. The first kappa shape index (κ1) is 18.9. The molecule has 2 atom stereocenters. The number of methoxy groups -OCH3 is 1. The minimum atomic E-state index is 0.0241. The van der Waals surface area contributed by atoms with E-state index in [9.17, 15) is 4.79 Å². The number of aliphatic imine (C=N–C) groups is 1. The van der Waals surface area contributed by atoms with Gasteiger partial charge in [0.05, 0.1) is 12.6 Å². The van der Waals surface area contributed by atoms with Crippen LogP contribution in [0.15, 0.2) is 59.6 Å². The van der Waals surface area contributed by atoms with Gasteiger partial charge in [-0.1, -0.05) is 48.5 Å². The average molecular weight is 366 g/mol. The maximum Gasteiger partial charge on any atom is 0.223 e. The van der Waals surface area contributed by atoms with Crippen LogP contribution in [0.25, 0.3) is 0 Å². The molecule has 3 rings (SSSR count). The summed E-state index contributed by atoms with van der Waals surface area (Å²) in [6, 6.07) is 17.9. The molecule has 1 amide bonds. The first-order valence-corrected chi connectivity index (χ1v) is 9.04. The van der Waals surface area contributed by atoms with Crippen molar-refractivity contribution < 1.29 is 9.53 Å². The highest BCUT2D eigenvalue weighted by molar-refractivity contribution is 5.93. The summed E-state index contributed by atoms with van der Waals surface area (Å²) in [5.74, 6) is 0.577. The molecule has 0 radical (unpaired) electrons. The Kier molecular flexibility index (Phi) is 6.08. The summed E-state index contributed by atoms with van der Waals surface area (Å²) in [7, 11) is 3.51. The van der Waals surface area contributed by atoms with Gasteiger partial charge in [-0.05, 0) is 11.6 Å². The van der Waals surface area contributed by atoms with Gasteiger partial charge in [0.1, 0.15) is 0 Å². The lowest BCUT2D eigenvalue weighted by atomic mass is 9.94. The third kappa shape index (κ3) is 4.46. The van der Waals surface area contributed by atoms with Crippen LogP contribution in [0.2, 0.25) is 0 Å². The molecule has 0 spiro atoms. The van der Waals surface area contributed by atoms with Crippen molar-refractivity contribution in [2.75, 3.05) is 26.0 Å². The molecule has 2 unspecified atom stereocenters. The number of anilines is 1. The predicted molar refractivity (Wildman–Crippen MR) is 107 cm³/mol. The highest BCUT2D eigenvalue weighted by Gasteiger charge is 2.38. The smallest absolute Gasteiger partial charge is 0.223 e. The van der Waals surface area contributed by atoms with Crippen molar-refractivity contribution in [2.45, 2.75) is 19.1 Å². The average Bonchev–Trinajstić information content (AvgIpc) is 2.96. The molecular weight excluding hydrogens is 340 g/mol. The fraction of sp³-hybridized carbons (Fsp3) is 0.333. The van der Waals surface area contributed by atoms with Gasteiger partial charge >= 0.3 is 0 Å². The van der Waals surface area contributed by atoms with Crippen LogP contribution in [0, 0.1) is 5.92 Å². The van der Waals surface area contributed by atoms with Gasteiger partial charge in [-0.25, -0.2) is 0 Å². The van der Waals surface area contributed by atoms with E-state index in [0.717, 1.165) is 16.8 Å². The standard InChI is InChI=1S/C21H26N4O2/c1-25-19(26)12-17(20(25)15-8-4-3-5-9-15)13-23-21(22)24-18-11-7-6-10-16(18)14-27-2/h3-11,17,20H,12-14H2,1-2H3,(H3,22,23,24). The summed E-state index contributed by atoms with van der Waals surface area (Å²) in [5.41, 5.74) is 9.11. The summed E-state index contributed by atoms with van der Waals surface area (Å²) in [6.07, 6.45) is 0.479. The highest BCUT2D eigenvalue weighted by atomic mass is 16.5. The molecule has 3 N–H and O–H groups in total. The normalized spacial score (nSPS) is 20.1. The number of nitrogens with two attached hydrogens (primary N) is 1. The highest BCUT2D eigenvalue weighted by Crippen LogP contribution is 2.36. The van der Waals surface area contributed by atoms with Crippen LogP contribution in [0.4, 0.5) is 5.69 Å². The number of nitrogens with zero attached hydrogens (tertiary/aromatic N) is 2. The molecule has 0 bridgehead atoms. The lowest BCUT2D eigenvalue weighted by molar-refractivity contribution is -0.127. The second-order valence-electron chi connectivity index (χ2n) is 6.77. The third-order valence-electron chi connectivity index (χ3n) is 4.91. The minimum Gasteiger partial charge on any atom is -0.380 e. The number of carbonyl (C=O) groups is 1. The molecule has 2 aromatic rings. The van der Waals surface area contributed by atoms with Gasteiger partial charge in [-0.2, -0.15) is 0 Å². The number of rotatable bonds is 6. The van der Waals surface area contributed by atoms with E-state index in [0.29, 0.717) is 25.5 Å². The van der Waals surface area contributed by atoms with E-state index in [-0.39, 0.29) is 17.9 Å². The quantitative estimate of drug-likeness (QED) is 0.609. The summed E-state index contributed by atoms with van der Waals surface area (Å²) >= 11 is 0. The maximum atomic E-state index is 12.2. The van der Waals surface area contributed by atoms with Crippen LogP contribution in [0.5, 0.6) is 0 Å². The number of hydrogen-bond acceptors (Lipinski definition) is 3. The molecule has 1 saturated heterocycles. The molecule has 2 aromatic carbocycles. The number of ether oxygens (including phenoxy) is 1. The van der Waals surface area contributed by atoms with Gasteiger partial charge in [0.2, 0.25) is 5.91 Å². The van der Waals surface area contributed by atoms with Crippen LogP contribution < -0.4 is 11.1 Å². The van der Waals surface area contributed by atoms with E-state index in [4.69, 9.17) is 10.5 Å². The van der Waals surface area contributed by atoms with Crippen LogP contribution in [0.3, 0.4) is 0 Å². The largest absolute Gasteiger partial charge is 0.380 e. The Labute approximate surface area is 160 Å². The Morgan fingerprint density at radius 1 is 1.22 bits per heavy atom. The fourth-order valence-electron chi connectivity index (χ4n) is 3.58. The zero-order valence-electron chi connectivity index (χ0n) is 15.8. The van der Waals surface area contributed by atoms with Crippen molar-refractivity contribution in [3.8, 4) is 0 Å². The monoisotopic (exact) mass is 366 g/mol. The number of likely N-dealkylation sites (tertiary alicyclic amines) is 1. The molecule has 0 saturated carbocycles. The molecule has 0 aliphatic carbocycles. The molecule has 6 heteroatoms. The van der Waals surface area contributed by atoms with E-state index < -0.39 is 0 Å². The number of benzene rings is 2. The van der Waals surface area contributed by atoms with E-state index in [1.165, 1.54) is 0 Å². The topological polar surface area (TPSA) is 80.0 Å². The Morgan fingerprint density at radius 3 is 2.67 bits per heavy atom. The second-order valence-corrected chi connectivity index (χ2v) is 6.77. The van der Waals surface area contributed by atoms with Gasteiger partial charge in [0.15, 0.2) is 5.96 Å². The zero-order valence-corrected chi connectivity index (χ0v) is 15.8. The number of amides is 1. The van der Waals surface area contributed by atoms with Gasteiger partial charge in [0.25, 0.3) is 0 Å². The lowest BCUT2D eigenvalue weighted by Gasteiger charge is -2.24. The fourth-order valence-corrected chi connectivity index (χ4v) is 3.58. The van der Waals surface area contributed by atoms with Crippen LogP contribution in [-0.2, 0) is 16.1 Å². The van der Waals surface area contributed by atoms with Crippen molar-refractivity contribution >= 4 is 17.6 Å². The van der Waals surface area contributed by atoms with E-state index in [2.05, 4.69) is 22.4 Å². The second kappa shape index (κ2) is 8.68. The molecule has 142 valence electrons. The number of hydrogen-bond donors (Lipinski definition) is 2. The Balaban J connectivity index is 1.71. The third-order valence-corrected chi connectivity index (χ3v) is 4.91. The van der Waals surface area contributed by atoms with E-state index in [1.807, 2.05) is 54.4 Å². The SMILES string of the molecule is COCc1ccccc1NC(N)=NCC1CC(=O)N(C)C1c1ccccc1. The molecule has 1 fully saturated rings. The van der Waals surface area contributed by atoms with Crippen molar-refractivity contribution in [1.82, 2.24) is 4.90 Å². The van der Waals surface area contributed by atoms with Gasteiger partial charge < -0.3 is 20.7 Å². The maximum absolute atomic E-state index is 12.2. The number of guanidine groups is 1. The minimum absolute atomic E-state index is 0.0241. The van der Waals surface area contributed by atoms with E-state index in [1.54, 1.807) is 7.11 Å². The number of carbonyl (C=O) groups excluding carboxylic acids is 1. The molecular formula is C21H26N4O2. The number of nitrogens with one attached hydrogen (secondary N) is 1. The van der Waals surface area contributed by atoms with Crippen molar-refractivity contribution in [3.05, 3.63) is 65.7 Å². The van der Waals surface area contributed by atoms with Gasteiger partial charge in [0, 0.05) is 44.3 Å². The lowest BCUT2D eigenvalue weighted by Crippen LogP contribution is -2.27. The van der Waals surface area contributed by atoms with Gasteiger partial charge in [-0.15, -0.1) is 0 Å². The summed E-state index contributed by atoms with van der Waals surface area (Å²) in [4.78, 5) is 18.6. The zero-order chi connectivity index (χ0) is 19.2. The molecule has 6 nitrogen and oxygen atoms in total. The van der Waals surface area contributed by atoms with Crippen molar-refractivity contribution in [3.63, 3.8) is 0 Å². The summed E-state index contributed by atoms with van der Waals surface area (Å²) < 4.78 is 5.21. The summed E-state index contributed by atoms with van der Waals surface area (Å²) in [5, 5.41) is 3.15. The van der Waals surface area contributed by atoms with E-state index >= 15 is 0 Å². The molecule has 1 aliphatic heterocycles. The van der Waals surface area contributed by atoms with Gasteiger partial charge in [-0.3, -0.25) is 9.79 Å². The first-order valence-electron chi connectivity index (χ1n) is 9.04. The Hall–Kier alpha value is -2.86. The van der Waals surface area contributed by atoms with Crippen molar-refractivity contribution in [1.29, 1.82) is 0 Å². The van der Waals surface area contributed by atoms with Crippen LogP contribution >= 0.6 is 0 Å². The predicted octanol–water partition coefficient (Wildman–Crippen LogP) is 2.78. The van der Waals surface area contributed by atoms with Crippen molar-refractivity contribution in [2.24, 2.45) is 16.6 Å². The first-order chi connectivity index (χ1) is 13.1. The Bertz CT molecular complexity index is 807. The number of para-hydroxylation sites is 1. The molecule has 1 heterocycles. The molecule has 0 aromatic heterocycles.